The van der Waals surface area contributed by atoms with Crippen molar-refractivity contribution in [2.45, 2.75) is 6.61 Å². The summed E-state index contributed by atoms with van der Waals surface area (Å²) in [6, 6.07) is 3.37. The first-order valence-corrected chi connectivity index (χ1v) is 3.76. The Morgan fingerprint density at radius 1 is 1.54 bits per heavy atom. The summed E-state index contributed by atoms with van der Waals surface area (Å²) in [6.45, 7) is -0.314. The lowest BCUT2D eigenvalue weighted by atomic mass is 10.3. The lowest BCUT2D eigenvalue weighted by Gasteiger charge is -1.98. The van der Waals surface area contributed by atoms with Crippen molar-refractivity contribution in [1.29, 1.82) is 0 Å². The fraction of sp³-hybridized carbons (Fsp3) is 0.125. The van der Waals surface area contributed by atoms with Crippen molar-refractivity contribution in [2.24, 2.45) is 0 Å². The molecule has 0 fully saturated rings. The van der Waals surface area contributed by atoms with Crippen LogP contribution in [-0.2, 0) is 6.61 Å². The Morgan fingerprint density at radius 2 is 2.38 bits per heavy atom. The Labute approximate surface area is 73.3 Å². The van der Waals surface area contributed by atoms with Gasteiger partial charge in [0.2, 0.25) is 0 Å². The van der Waals surface area contributed by atoms with Crippen LogP contribution in [0.3, 0.4) is 0 Å². The predicted molar refractivity (Wildman–Crippen MR) is 45.2 cm³/mol. The highest BCUT2D eigenvalue weighted by Crippen LogP contribution is 1.94. The number of hydrogen-bond acceptors (Lipinski definition) is 4. The molecule has 5 heteroatoms. The van der Waals surface area contributed by atoms with Gasteiger partial charge in [0.15, 0.2) is 5.65 Å². The number of nitrogens with zero attached hydrogens (tertiary/aromatic N) is 3. The zero-order chi connectivity index (χ0) is 9.26. The van der Waals surface area contributed by atoms with Crippen molar-refractivity contribution in [3.05, 3.63) is 40.4 Å². The summed E-state index contributed by atoms with van der Waals surface area (Å²) in [4.78, 5) is 15.4. The van der Waals surface area contributed by atoms with E-state index >= 15 is 0 Å². The van der Waals surface area contributed by atoms with Crippen LogP contribution >= 0.6 is 0 Å². The molecular formula is C8H7N3O2. The number of aliphatic hydroxyl groups excluding tert-OH is 1. The lowest BCUT2D eigenvalue weighted by molar-refractivity contribution is 0.279. The molecule has 0 radical (unpaired) electrons. The van der Waals surface area contributed by atoms with Crippen LogP contribution in [-0.4, -0.2) is 19.7 Å². The second-order valence-electron chi connectivity index (χ2n) is 2.54. The molecule has 2 aromatic rings. The molecule has 1 N–H and O–H groups in total. The van der Waals surface area contributed by atoms with E-state index in [2.05, 4.69) is 10.1 Å². The largest absolute Gasteiger partial charge is 0.391 e. The highest BCUT2D eigenvalue weighted by molar-refractivity contribution is 5.35. The van der Waals surface area contributed by atoms with Crippen molar-refractivity contribution in [3.8, 4) is 0 Å². The monoisotopic (exact) mass is 177 g/mol. The van der Waals surface area contributed by atoms with E-state index in [-0.39, 0.29) is 17.7 Å². The second kappa shape index (κ2) is 2.95. The van der Waals surface area contributed by atoms with Crippen LogP contribution in [0.15, 0.2) is 29.3 Å². The molecule has 0 aliphatic carbocycles. The maximum atomic E-state index is 11.5. The maximum Gasteiger partial charge on any atom is 0.279 e. The van der Waals surface area contributed by atoms with Gasteiger partial charge in [-0.1, -0.05) is 0 Å². The molecule has 0 aromatic carbocycles. The summed E-state index contributed by atoms with van der Waals surface area (Å²) in [6.07, 6.45) is 2.86. The Morgan fingerprint density at radius 3 is 3.15 bits per heavy atom. The van der Waals surface area contributed by atoms with Crippen molar-refractivity contribution >= 4 is 5.65 Å². The van der Waals surface area contributed by atoms with Crippen LogP contribution in [0.1, 0.15) is 5.56 Å². The quantitative estimate of drug-likeness (QED) is 0.642. The van der Waals surface area contributed by atoms with Crippen molar-refractivity contribution in [1.82, 2.24) is 14.6 Å². The van der Waals surface area contributed by atoms with Gasteiger partial charge in [0, 0.05) is 12.4 Å². The first-order valence-electron chi connectivity index (χ1n) is 3.76. The molecule has 0 spiro atoms. The van der Waals surface area contributed by atoms with Gasteiger partial charge in [-0.3, -0.25) is 4.79 Å². The summed E-state index contributed by atoms with van der Waals surface area (Å²) in [5.74, 6) is 0. The predicted octanol–water partition coefficient (Wildman–Crippen LogP) is -0.418. The Balaban J connectivity index is 2.87. The van der Waals surface area contributed by atoms with Crippen LogP contribution in [0.25, 0.3) is 5.65 Å². The summed E-state index contributed by atoms with van der Waals surface area (Å²) in [5, 5.41) is 12.6. The molecule has 0 aliphatic heterocycles. The van der Waals surface area contributed by atoms with E-state index in [9.17, 15) is 4.79 Å². The first-order chi connectivity index (χ1) is 6.33. The molecular weight excluding hydrogens is 170 g/mol. The normalized spacial score (nSPS) is 10.5. The van der Waals surface area contributed by atoms with Gasteiger partial charge in [-0.25, -0.2) is 4.98 Å². The number of hydrogen-bond donors (Lipinski definition) is 1. The summed E-state index contributed by atoms with van der Waals surface area (Å²) in [7, 11) is 0. The number of aromatic nitrogens is 3. The van der Waals surface area contributed by atoms with Gasteiger partial charge < -0.3 is 5.11 Å². The minimum atomic E-state index is -0.326. The molecule has 2 aromatic heterocycles. The lowest BCUT2D eigenvalue weighted by Crippen LogP contribution is -2.21. The van der Waals surface area contributed by atoms with E-state index in [0.717, 1.165) is 4.52 Å². The van der Waals surface area contributed by atoms with Crippen molar-refractivity contribution in [2.75, 3.05) is 0 Å². The van der Waals surface area contributed by atoms with E-state index < -0.39 is 0 Å². The molecule has 0 aliphatic rings. The third-order valence-electron chi connectivity index (χ3n) is 1.72. The molecule has 66 valence electrons. The van der Waals surface area contributed by atoms with Crippen LogP contribution in [0.4, 0.5) is 0 Å². The maximum absolute atomic E-state index is 11.5. The zero-order valence-electron chi connectivity index (χ0n) is 6.71. The number of rotatable bonds is 1. The van der Waals surface area contributed by atoms with Crippen LogP contribution in [0.5, 0.6) is 0 Å². The third kappa shape index (κ3) is 1.19. The molecule has 0 atom stereocenters. The van der Waals surface area contributed by atoms with Crippen molar-refractivity contribution in [3.63, 3.8) is 0 Å². The number of aliphatic hydroxyl groups is 1. The Hall–Kier alpha value is -1.75. The smallest absolute Gasteiger partial charge is 0.279 e. The molecule has 0 unspecified atom stereocenters. The second-order valence-corrected chi connectivity index (χ2v) is 2.54. The SMILES string of the molecule is O=c1c(CO)cnc2cccnn12. The minimum absolute atomic E-state index is 0.246. The van der Waals surface area contributed by atoms with Gasteiger partial charge in [-0.05, 0) is 12.1 Å². The molecule has 0 bridgehead atoms. The highest BCUT2D eigenvalue weighted by atomic mass is 16.3. The fourth-order valence-electron chi connectivity index (χ4n) is 1.06. The average molecular weight is 177 g/mol. The van der Waals surface area contributed by atoms with E-state index in [1.807, 2.05) is 0 Å². The Kier molecular flexibility index (Phi) is 1.79. The molecule has 0 saturated carbocycles. The van der Waals surface area contributed by atoms with Crippen LogP contribution in [0, 0.1) is 0 Å². The topological polar surface area (TPSA) is 67.5 Å². The average Bonchev–Trinajstić information content (AvgIpc) is 2.19. The molecule has 0 amide bonds. The standard InChI is InChI=1S/C8H7N3O2/c12-5-6-4-9-7-2-1-3-10-11(7)8(6)13/h1-4,12H,5H2. The van der Waals surface area contributed by atoms with Crippen molar-refractivity contribution < 1.29 is 5.11 Å². The summed E-state index contributed by atoms with van der Waals surface area (Å²) in [5.41, 5.74) is 0.397. The van der Waals surface area contributed by atoms with Gasteiger partial charge in [0.1, 0.15) is 0 Å². The van der Waals surface area contributed by atoms with Gasteiger partial charge in [-0.15, -0.1) is 0 Å². The third-order valence-corrected chi connectivity index (χ3v) is 1.72. The van der Waals surface area contributed by atoms with E-state index in [1.165, 1.54) is 12.4 Å². The van der Waals surface area contributed by atoms with Crippen LogP contribution < -0.4 is 5.56 Å². The summed E-state index contributed by atoms with van der Waals surface area (Å²) >= 11 is 0. The first kappa shape index (κ1) is 7.88. The van der Waals surface area contributed by atoms with E-state index in [0.29, 0.717) is 5.65 Å². The van der Waals surface area contributed by atoms with Gasteiger partial charge in [0.25, 0.3) is 5.56 Å². The minimum Gasteiger partial charge on any atom is -0.391 e. The fourth-order valence-corrected chi connectivity index (χ4v) is 1.06. The van der Waals surface area contributed by atoms with Gasteiger partial charge in [-0.2, -0.15) is 9.61 Å². The molecule has 13 heavy (non-hydrogen) atoms. The number of fused-ring (bicyclic) bond motifs is 1. The zero-order valence-corrected chi connectivity index (χ0v) is 6.71. The van der Waals surface area contributed by atoms with E-state index in [1.54, 1.807) is 12.1 Å². The molecule has 2 heterocycles. The summed E-state index contributed by atoms with van der Waals surface area (Å²) < 4.78 is 1.16. The highest BCUT2D eigenvalue weighted by Gasteiger charge is 2.02. The van der Waals surface area contributed by atoms with Crippen LogP contribution in [0.2, 0.25) is 0 Å². The Bertz CT molecular complexity index is 492. The van der Waals surface area contributed by atoms with Gasteiger partial charge >= 0.3 is 0 Å². The molecule has 0 saturated heterocycles. The van der Waals surface area contributed by atoms with E-state index in [4.69, 9.17) is 5.11 Å². The molecule has 5 nitrogen and oxygen atoms in total. The van der Waals surface area contributed by atoms with Gasteiger partial charge in [0.05, 0.1) is 12.2 Å². The molecule has 2 rings (SSSR count).